The van der Waals surface area contributed by atoms with Gasteiger partial charge in [0.2, 0.25) is 5.91 Å². The van der Waals surface area contributed by atoms with Crippen molar-refractivity contribution in [1.82, 2.24) is 15.1 Å². The summed E-state index contributed by atoms with van der Waals surface area (Å²) in [6.07, 6.45) is 2.41. The van der Waals surface area contributed by atoms with Gasteiger partial charge in [-0.1, -0.05) is 54.9 Å². The highest BCUT2D eigenvalue weighted by atomic mass is 35.5. The van der Waals surface area contributed by atoms with Gasteiger partial charge in [0.15, 0.2) is 0 Å². The van der Waals surface area contributed by atoms with Crippen molar-refractivity contribution in [1.29, 1.82) is 0 Å². The summed E-state index contributed by atoms with van der Waals surface area (Å²) >= 11 is 6.30. The van der Waals surface area contributed by atoms with Crippen molar-refractivity contribution in [3.8, 4) is 0 Å². The van der Waals surface area contributed by atoms with Crippen LogP contribution in [0.25, 0.3) is 0 Å². The summed E-state index contributed by atoms with van der Waals surface area (Å²) in [5, 5.41) is 3.63. The molecule has 6 heteroatoms. The summed E-state index contributed by atoms with van der Waals surface area (Å²) in [7, 11) is 0. The Labute approximate surface area is 183 Å². The number of halogens is 1. The molecule has 158 valence electrons. The molecule has 1 fully saturated rings. The van der Waals surface area contributed by atoms with E-state index in [4.69, 9.17) is 11.6 Å². The van der Waals surface area contributed by atoms with Crippen molar-refractivity contribution in [2.75, 3.05) is 19.6 Å². The number of carbonyl (C=O) groups is 2. The number of piperidine rings is 1. The third-order valence-corrected chi connectivity index (χ3v) is 6.63. The molecule has 4 rings (SSSR count). The van der Waals surface area contributed by atoms with Gasteiger partial charge in [0.1, 0.15) is 6.04 Å². The van der Waals surface area contributed by atoms with Crippen LogP contribution < -0.4 is 5.32 Å². The molecule has 1 atom stereocenters. The normalized spacial score (nSPS) is 19.9. The van der Waals surface area contributed by atoms with Crippen molar-refractivity contribution < 1.29 is 9.59 Å². The fourth-order valence-electron chi connectivity index (χ4n) is 4.45. The topological polar surface area (TPSA) is 52.7 Å². The van der Waals surface area contributed by atoms with E-state index >= 15 is 0 Å². The molecule has 2 aromatic rings. The van der Waals surface area contributed by atoms with Crippen LogP contribution >= 0.6 is 11.6 Å². The molecule has 1 saturated heterocycles. The third kappa shape index (κ3) is 4.37. The molecule has 2 heterocycles. The Balaban J connectivity index is 1.56. The lowest BCUT2D eigenvalue weighted by Crippen LogP contribution is -2.55. The highest BCUT2D eigenvalue weighted by Crippen LogP contribution is 2.27. The van der Waals surface area contributed by atoms with Gasteiger partial charge in [-0.2, -0.15) is 0 Å². The van der Waals surface area contributed by atoms with E-state index in [1.54, 1.807) is 29.2 Å². The van der Waals surface area contributed by atoms with E-state index in [0.29, 0.717) is 23.6 Å². The molecule has 0 aromatic heterocycles. The van der Waals surface area contributed by atoms with E-state index in [0.717, 1.165) is 43.6 Å². The highest BCUT2D eigenvalue weighted by molar-refractivity contribution is 6.33. The third-order valence-electron chi connectivity index (χ3n) is 6.30. The van der Waals surface area contributed by atoms with Crippen molar-refractivity contribution in [2.24, 2.45) is 0 Å². The zero-order chi connectivity index (χ0) is 21.1. The van der Waals surface area contributed by atoms with Crippen LogP contribution in [0, 0.1) is 0 Å². The predicted octanol–water partition coefficient (Wildman–Crippen LogP) is 3.51. The van der Waals surface area contributed by atoms with Gasteiger partial charge in [-0.15, -0.1) is 0 Å². The molecule has 2 aromatic carbocycles. The zero-order valence-corrected chi connectivity index (χ0v) is 18.1. The quantitative estimate of drug-likeness (QED) is 0.815. The second-order valence-corrected chi connectivity index (χ2v) is 8.53. The monoisotopic (exact) mass is 425 g/mol. The number of fused-ring (bicyclic) bond motifs is 1. The first-order valence-corrected chi connectivity index (χ1v) is 11.1. The van der Waals surface area contributed by atoms with Gasteiger partial charge in [0.05, 0.1) is 10.6 Å². The SMILES string of the molecule is CCN1CCC(NC(=O)C2Cc3ccccc3CN2C(=O)c2ccccc2Cl)CC1. The molecule has 0 radical (unpaired) electrons. The first kappa shape index (κ1) is 20.9. The minimum Gasteiger partial charge on any atom is -0.351 e. The Morgan fingerprint density at radius 2 is 1.70 bits per heavy atom. The number of hydrogen-bond acceptors (Lipinski definition) is 3. The van der Waals surface area contributed by atoms with Gasteiger partial charge in [0, 0.05) is 32.1 Å². The van der Waals surface area contributed by atoms with Crippen LogP contribution in [0.1, 0.15) is 41.3 Å². The first-order chi connectivity index (χ1) is 14.6. The number of benzene rings is 2. The smallest absolute Gasteiger partial charge is 0.256 e. The highest BCUT2D eigenvalue weighted by Gasteiger charge is 2.36. The van der Waals surface area contributed by atoms with Crippen LogP contribution in [0.3, 0.4) is 0 Å². The fourth-order valence-corrected chi connectivity index (χ4v) is 4.67. The van der Waals surface area contributed by atoms with Crippen molar-refractivity contribution in [3.05, 3.63) is 70.2 Å². The molecule has 2 aliphatic rings. The lowest BCUT2D eigenvalue weighted by molar-refractivity contribution is -0.127. The van der Waals surface area contributed by atoms with E-state index in [1.807, 2.05) is 24.3 Å². The lowest BCUT2D eigenvalue weighted by atomic mass is 9.92. The zero-order valence-electron chi connectivity index (χ0n) is 17.3. The summed E-state index contributed by atoms with van der Waals surface area (Å²) in [4.78, 5) is 30.8. The number of amides is 2. The van der Waals surface area contributed by atoms with E-state index in [2.05, 4.69) is 17.1 Å². The number of carbonyl (C=O) groups excluding carboxylic acids is 2. The van der Waals surface area contributed by atoms with E-state index in [-0.39, 0.29) is 17.9 Å². The molecule has 0 aliphatic carbocycles. The second kappa shape index (κ2) is 9.19. The molecular formula is C24H28ClN3O2. The van der Waals surface area contributed by atoms with Gasteiger partial charge in [0.25, 0.3) is 5.91 Å². The summed E-state index contributed by atoms with van der Waals surface area (Å²) in [6.45, 7) is 5.61. The number of nitrogens with zero attached hydrogens (tertiary/aromatic N) is 2. The summed E-state index contributed by atoms with van der Waals surface area (Å²) < 4.78 is 0. The molecule has 30 heavy (non-hydrogen) atoms. The van der Waals surface area contributed by atoms with Gasteiger partial charge in [-0.25, -0.2) is 0 Å². The average Bonchev–Trinajstić information content (AvgIpc) is 2.78. The Morgan fingerprint density at radius 1 is 1.03 bits per heavy atom. The molecule has 0 saturated carbocycles. The maximum absolute atomic E-state index is 13.4. The van der Waals surface area contributed by atoms with Crippen LogP contribution in [-0.4, -0.2) is 53.3 Å². The van der Waals surface area contributed by atoms with Crippen LogP contribution in [0.4, 0.5) is 0 Å². The Hall–Kier alpha value is -2.37. The van der Waals surface area contributed by atoms with Crippen LogP contribution in [0.15, 0.2) is 48.5 Å². The maximum atomic E-state index is 13.4. The van der Waals surface area contributed by atoms with Crippen LogP contribution in [-0.2, 0) is 17.8 Å². The predicted molar refractivity (Wildman–Crippen MR) is 119 cm³/mol. The molecular weight excluding hydrogens is 398 g/mol. The van der Waals surface area contributed by atoms with E-state index < -0.39 is 6.04 Å². The average molecular weight is 426 g/mol. The maximum Gasteiger partial charge on any atom is 0.256 e. The van der Waals surface area contributed by atoms with Crippen LogP contribution in [0.5, 0.6) is 0 Å². The minimum absolute atomic E-state index is 0.0696. The molecule has 1 N–H and O–H groups in total. The standard InChI is InChI=1S/C24H28ClN3O2/c1-2-27-13-11-19(12-14-27)26-23(29)22-15-17-7-3-4-8-18(17)16-28(22)24(30)20-9-5-6-10-21(20)25/h3-10,19,22H,2,11-16H2,1H3,(H,26,29). The molecule has 0 bridgehead atoms. The largest absolute Gasteiger partial charge is 0.351 e. The molecule has 0 spiro atoms. The fraction of sp³-hybridized carbons (Fsp3) is 0.417. The molecule has 5 nitrogen and oxygen atoms in total. The van der Waals surface area contributed by atoms with Gasteiger partial charge in [-0.3, -0.25) is 9.59 Å². The Kier molecular flexibility index (Phi) is 6.40. The van der Waals surface area contributed by atoms with Gasteiger partial charge in [-0.05, 0) is 42.6 Å². The van der Waals surface area contributed by atoms with Crippen molar-refractivity contribution in [2.45, 2.75) is 44.8 Å². The summed E-state index contributed by atoms with van der Waals surface area (Å²) in [6, 6.07) is 14.7. The van der Waals surface area contributed by atoms with E-state index in [1.165, 1.54) is 0 Å². The number of nitrogens with one attached hydrogen (secondary N) is 1. The second-order valence-electron chi connectivity index (χ2n) is 8.12. The Morgan fingerprint density at radius 3 is 2.40 bits per heavy atom. The molecule has 2 aliphatic heterocycles. The minimum atomic E-state index is -0.534. The van der Waals surface area contributed by atoms with Gasteiger partial charge >= 0.3 is 0 Å². The molecule has 1 unspecified atom stereocenters. The Bertz CT molecular complexity index is 924. The number of rotatable bonds is 4. The first-order valence-electron chi connectivity index (χ1n) is 10.7. The van der Waals surface area contributed by atoms with Crippen molar-refractivity contribution >= 4 is 23.4 Å². The number of hydrogen-bond donors (Lipinski definition) is 1. The summed E-state index contributed by atoms with van der Waals surface area (Å²) in [5.41, 5.74) is 2.65. The van der Waals surface area contributed by atoms with E-state index in [9.17, 15) is 9.59 Å². The van der Waals surface area contributed by atoms with Gasteiger partial charge < -0.3 is 15.1 Å². The number of likely N-dealkylation sites (tertiary alicyclic amines) is 1. The summed E-state index contributed by atoms with van der Waals surface area (Å²) in [5.74, 6) is -0.268. The van der Waals surface area contributed by atoms with Crippen molar-refractivity contribution in [3.63, 3.8) is 0 Å². The lowest BCUT2D eigenvalue weighted by Gasteiger charge is -2.38. The van der Waals surface area contributed by atoms with Crippen LogP contribution in [0.2, 0.25) is 5.02 Å². The molecule has 2 amide bonds.